The second kappa shape index (κ2) is 2.78. The van der Waals surface area contributed by atoms with Crippen LogP contribution in [-0.2, 0) is 5.11 Å². The standard InChI is InChI=1S/C3H3F2O/c4-1-3(5)2-6/h1H,2H2. The summed E-state index contributed by atoms with van der Waals surface area (Å²) in [5.74, 6) is -1.25. The molecule has 1 radical (unpaired) electrons. The molecule has 0 aliphatic heterocycles. The first-order chi connectivity index (χ1) is 2.81. The predicted octanol–water partition coefficient (Wildman–Crippen LogP) is 1.20. The van der Waals surface area contributed by atoms with Crippen molar-refractivity contribution >= 4 is 0 Å². The van der Waals surface area contributed by atoms with Gasteiger partial charge < -0.3 is 0 Å². The minimum Gasteiger partial charge on any atom is -0.229 e. The van der Waals surface area contributed by atoms with E-state index in [9.17, 15) is 13.9 Å². The Labute approximate surface area is 33.9 Å². The van der Waals surface area contributed by atoms with E-state index in [2.05, 4.69) is 0 Å². The van der Waals surface area contributed by atoms with E-state index in [0.29, 0.717) is 0 Å². The molecule has 0 spiro atoms. The minimum absolute atomic E-state index is 0.340. The van der Waals surface area contributed by atoms with Crippen LogP contribution in [0.5, 0.6) is 0 Å². The fourth-order valence-corrected chi connectivity index (χ4v) is 0.0315. The highest BCUT2D eigenvalue weighted by molar-refractivity contribution is 4.82. The van der Waals surface area contributed by atoms with Crippen LogP contribution in [0.1, 0.15) is 0 Å². The third kappa shape index (κ3) is 1.84. The smallest absolute Gasteiger partial charge is 0.157 e. The van der Waals surface area contributed by atoms with Gasteiger partial charge in [-0.05, 0) is 0 Å². The summed E-state index contributed by atoms with van der Waals surface area (Å²) < 4.78 is 21.7. The third-order valence-electron chi connectivity index (χ3n) is 0.256. The molecule has 0 aliphatic rings. The summed E-state index contributed by atoms with van der Waals surface area (Å²) in [6.45, 7) is -1.10. The normalized spacial score (nSPS) is 12.2. The Hall–Kier alpha value is -0.440. The lowest BCUT2D eigenvalue weighted by Crippen LogP contribution is -1.74. The summed E-state index contributed by atoms with van der Waals surface area (Å²) in [5.41, 5.74) is 0. The zero-order valence-corrected chi connectivity index (χ0v) is 2.95. The summed E-state index contributed by atoms with van der Waals surface area (Å²) in [6.07, 6.45) is -0.340. The van der Waals surface area contributed by atoms with Crippen molar-refractivity contribution < 1.29 is 13.9 Å². The van der Waals surface area contributed by atoms with Crippen molar-refractivity contribution in [1.29, 1.82) is 0 Å². The van der Waals surface area contributed by atoms with Gasteiger partial charge in [-0.1, -0.05) is 0 Å². The largest absolute Gasteiger partial charge is 0.229 e. The second-order valence-electron chi connectivity index (χ2n) is 0.700. The molecule has 3 heteroatoms. The molecule has 0 rings (SSSR count). The van der Waals surface area contributed by atoms with E-state index in [1.165, 1.54) is 0 Å². The fourth-order valence-electron chi connectivity index (χ4n) is 0.0315. The highest BCUT2D eigenvalue weighted by atomic mass is 19.2. The van der Waals surface area contributed by atoms with E-state index in [-0.39, 0.29) is 6.33 Å². The van der Waals surface area contributed by atoms with Gasteiger partial charge in [-0.15, -0.1) is 0 Å². The maximum Gasteiger partial charge on any atom is 0.157 e. The van der Waals surface area contributed by atoms with E-state index in [0.717, 1.165) is 0 Å². The lowest BCUT2D eigenvalue weighted by atomic mass is 10.6. The summed E-state index contributed by atoms with van der Waals surface area (Å²) in [4.78, 5) is 0. The average molecular weight is 93.1 g/mol. The second-order valence-corrected chi connectivity index (χ2v) is 0.700. The molecule has 0 N–H and O–H groups in total. The van der Waals surface area contributed by atoms with Crippen molar-refractivity contribution in [2.24, 2.45) is 0 Å². The van der Waals surface area contributed by atoms with Crippen molar-refractivity contribution in [2.75, 3.05) is 6.61 Å². The Morgan fingerprint density at radius 3 is 2.33 bits per heavy atom. The highest BCUT2D eigenvalue weighted by Crippen LogP contribution is 1.91. The van der Waals surface area contributed by atoms with E-state index >= 15 is 0 Å². The molecule has 35 valence electrons. The van der Waals surface area contributed by atoms with Gasteiger partial charge in [0.05, 0.1) is 0 Å². The van der Waals surface area contributed by atoms with Crippen molar-refractivity contribution in [3.63, 3.8) is 0 Å². The van der Waals surface area contributed by atoms with Gasteiger partial charge in [-0.25, -0.2) is 13.9 Å². The number of halogens is 2. The van der Waals surface area contributed by atoms with Crippen LogP contribution in [0.15, 0.2) is 12.2 Å². The van der Waals surface area contributed by atoms with Gasteiger partial charge in [0.2, 0.25) is 0 Å². The van der Waals surface area contributed by atoms with Crippen LogP contribution in [-0.4, -0.2) is 6.61 Å². The average Bonchev–Trinajstić information content (AvgIpc) is 1.65. The lowest BCUT2D eigenvalue weighted by molar-refractivity contribution is 0.199. The van der Waals surface area contributed by atoms with Gasteiger partial charge >= 0.3 is 0 Å². The Kier molecular flexibility index (Phi) is 2.58. The van der Waals surface area contributed by atoms with Crippen LogP contribution in [0, 0.1) is 0 Å². The Balaban J connectivity index is 3.22. The monoisotopic (exact) mass is 93.0 g/mol. The quantitative estimate of drug-likeness (QED) is 0.464. The van der Waals surface area contributed by atoms with Crippen LogP contribution >= 0.6 is 0 Å². The fraction of sp³-hybridized carbons (Fsp3) is 0.333. The topological polar surface area (TPSA) is 19.9 Å². The molecule has 0 unspecified atom stereocenters. The Morgan fingerprint density at radius 2 is 2.33 bits per heavy atom. The SMILES string of the molecule is [O]CC(F)=CF. The van der Waals surface area contributed by atoms with Gasteiger partial charge in [0.15, 0.2) is 5.83 Å². The number of rotatable bonds is 1. The van der Waals surface area contributed by atoms with Gasteiger partial charge in [-0.2, -0.15) is 0 Å². The molecular formula is C3H3F2O. The summed E-state index contributed by atoms with van der Waals surface area (Å²) in [5, 5.41) is 9.18. The molecule has 0 saturated heterocycles. The van der Waals surface area contributed by atoms with Crippen molar-refractivity contribution in [1.82, 2.24) is 0 Å². The predicted molar refractivity (Wildman–Crippen MR) is 15.9 cm³/mol. The molecule has 0 aromatic heterocycles. The number of hydrogen-bond acceptors (Lipinski definition) is 0. The molecule has 0 aliphatic carbocycles. The van der Waals surface area contributed by atoms with Crippen molar-refractivity contribution in [3.05, 3.63) is 12.2 Å². The minimum atomic E-state index is -1.25. The Morgan fingerprint density at radius 1 is 1.83 bits per heavy atom. The van der Waals surface area contributed by atoms with E-state index < -0.39 is 12.4 Å². The van der Waals surface area contributed by atoms with E-state index in [1.54, 1.807) is 0 Å². The summed E-state index contributed by atoms with van der Waals surface area (Å²) >= 11 is 0. The first kappa shape index (κ1) is 5.56. The maximum absolute atomic E-state index is 11.0. The van der Waals surface area contributed by atoms with Gasteiger partial charge in [0, 0.05) is 0 Å². The summed E-state index contributed by atoms with van der Waals surface area (Å²) in [7, 11) is 0. The van der Waals surface area contributed by atoms with Crippen LogP contribution in [0.3, 0.4) is 0 Å². The van der Waals surface area contributed by atoms with E-state index in [4.69, 9.17) is 0 Å². The molecule has 0 saturated carbocycles. The van der Waals surface area contributed by atoms with Crippen molar-refractivity contribution in [2.45, 2.75) is 0 Å². The zero-order chi connectivity index (χ0) is 4.99. The third-order valence-corrected chi connectivity index (χ3v) is 0.256. The lowest BCUT2D eigenvalue weighted by Gasteiger charge is -1.74. The Bertz CT molecular complexity index is 59.8. The maximum atomic E-state index is 11.0. The van der Waals surface area contributed by atoms with Gasteiger partial charge in [0.25, 0.3) is 0 Å². The van der Waals surface area contributed by atoms with Gasteiger partial charge in [-0.3, -0.25) is 0 Å². The molecule has 0 heterocycles. The first-order valence-electron chi connectivity index (χ1n) is 1.34. The van der Waals surface area contributed by atoms with Crippen LogP contribution in [0.25, 0.3) is 0 Å². The summed E-state index contributed by atoms with van der Waals surface area (Å²) in [6, 6.07) is 0. The molecule has 0 aromatic carbocycles. The molecule has 1 nitrogen and oxygen atoms in total. The molecule has 0 aromatic rings. The number of hydrogen-bond donors (Lipinski definition) is 0. The van der Waals surface area contributed by atoms with E-state index in [1.807, 2.05) is 0 Å². The molecule has 0 amide bonds. The molecule has 0 fully saturated rings. The molecule has 0 bridgehead atoms. The van der Waals surface area contributed by atoms with Crippen LogP contribution in [0.4, 0.5) is 8.78 Å². The molecule has 6 heavy (non-hydrogen) atoms. The zero-order valence-electron chi connectivity index (χ0n) is 2.95. The molecular weight excluding hydrogens is 90.0 g/mol. The highest BCUT2D eigenvalue weighted by Gasteiger charge is 1.85. The first-order valence-corrected chi connectivity index (χ1v) is 1.34. The van der Waals surface area contributed by atoms with Gasteiger partial charge in [0.1, 0.15) is 12.9 Å². The van der Waals surface area contributed by atoms with Crippen LogP contribution in [0.2, 0.25) is 0 Å². The van der Waals surface area contributed by atoms with Crippen molar-refractivity contribution in [3.8, 4) is 0 Å². The van der Waals surface area contributed by atoms with Crippen LogP contribution < -0.4 is 0 Å². The molecule has 0 atom stereocenters.